The van der Waals surface area contributed by atoms with Crippen LogP contribution >= 0.6 is 24.0 Å². The Morgan fingerprint density at radius 3 is 2.78 bits per heavy atom. The molecule has 0 bridgehead atoms. The summed E-state index contributed by atoms with van der Waals surface area (Å²) >= 11 is 0. The summed E-state index contributed by atoms with van der Waals surface area (Å²) in [6.07, 6.45) is 0.637. The van der Waals surface area contributed by atoms with Crippen LogP contribution < -0.4 is 10.1 Å². The molecule has 1 aliphatic rings. The molecule has 0 radical (unpaired) electrons. The van der Waals surface area contributed by atoms with E-state index in [-0.39, 0.29) is 36.6 Å². The van der Waals surface area contributed by atoms with Crippen LogP contribution in [-0.4, -0.2) is 38.3 Å². The summed E-state index contributed by atoms with van der Waals surface area (Å²) in [5, 5.41) is 3.33. The minimum Gasteiger partial charge on any atom is -0.467 e. The molecule has 0 spiro atoms. The van der Waals surface area contributed by atoms with E-state index in [9.17, 15) is 4.39 Å². The van der Waals surface area contributed by atoms with Gasteiger partial charge in [0, 0.05) is 32.7 Å². The molecule has 3 rings (SSSR count). The number of aliphatic imine (C=N–C) groups is 1. The molecule has 1 aliphatic heterocycles. The second-order valence-corrected chi connectivity index (χ2v) is 6.23. The van der Waals surface area contributed by atoms with Crippen molar-refractivity contribution in [1.29, 1.82) is 0 Å². The fourth-order valence-electron chi connectivity index (χ4n) is 3.07. The van der Waals surface area contributed by atoms with Gasteiger partial charge in [-0.1, -0.05) is 30.3 Å². The number of rotatable bonds is 5. The van der Waals surface area contributed by atoms with Crippen LogP contribution in [0.25, 0.3) is 0 Å². The van der Waals surface area contributed by atoms with Gasteiger partial charge in [-0.05, 0) is 29.7 Å². The lowest BCUT2D eigenvalue weighted by Gasteiger charge is -2.23. The quantitative estimate of drug-likeness (QED) is 0.400. The largest absolute Gasteiger partial charge is 0.467 e. The van der Waals surface area contributed by atoms with Gasteiger partial charge in [-0.3, -0.25) is 4.99 Å². The Kier molecular flexibility index (Phi) is 8.30. The first-order valence-corrected chi connectivity index (χ1v) is 8.65. The number of hydrogen-bond donors (Lipinski definition) is 1. The van der Waals surface area contributed by atoms with Crippen LogP contribution in [0.4, 0.5) is 4.39 Å². The molecule has 0 aliphatic carbocycles. The van der Waals surface area contributed by atoms with Gasteiger partial charge in [-0.15, -0.1) is 24.0 Å². The number of nitrogens with zero attached hydrogens (tertiary/aromatic N) is 2. The molecule has 0 saturated heterocycles. The molecule has 146 valence electrons. The first kappa shape index (κ1) is 21.4. The van der Waals surface area contributed by atoms with Crippen molar-refractivity contribution >= 4 is 29.9 Å². The Balaban J connectivity index is 0.00000261. The van der Waals surface area contributed by atoms with E-state index in [1.165, 1.54) is 17.7 Å². The van der Waals surface area contributed by atoms with Crippen LogP contribution in [-0.2, 0) is 24.3 Å². The van der Waals surface area contributed by atoms with E-state index in [0.717, 1.165) is 29.4 Å². The van der Waals surface area contributed by atoms with E-state index in [1.54, 1.807) is 7.05 Å². The molecule has 2 aromatic carbocycles. The Morgan fingerprint density at radius 2 is 2.04 bits per heavy atom. The van der Waals surface area contributed by atoms with Crippen LogP contribution in [0.15, 0.2) is 47.5 Å². The lowest BCUT2D eigenvalue weighted by Crippen LogP contribution is -2.39. The van der Waals surface area contributed by atoms with Crippen molar-refractivity contribution in [2.45, 2.75) is 19.6 Å². The van der Waals surface area contributed by atoms with Gasteiger partial charge in [0.05, 0.1) is 6.61 Å². The number of fused-ring (bicyclic) bond motifs is 1. The highest BCUT2D eigenvalue weighted by Crippen LogP contribution is 2.29. The van der Waals surface area contributed by atoms with Crippen LogP contribution in [0, 0.1) is 5.82 Å². The molecule has 0 aromatic heterocycles. The summed E-state index contributed by atoms with van der Waals surface area (Å²) in [5.74, 6) is 1.27. The lowest BCUT2D eigenvalue weighted by atomic mass is 10.1. The highest BCUT2D eigenvalue weighted by Gasteiger charge is 2.17. The summed E-state index contributed by atoms with van der Waals surface area (Å²) in [4.78, 5) is 6.38. The Labute approximate surface area is 176 Å². The average molecular weight is 485 g/mol. The Bertz CT molecular complexity index is 771. The van der Waals surface area contributed by atoms with E-state index in [1.807, 2.05) is 25.2 Å². The van der Waals surface area contributed by atoms with Crippen LogP contribution in [0.3, 0.4) is 0 Å². The monoisotopic (exact) mass is 485 g/mol. The molecule has 0 saturated carbocycles. The predicted octanol–water partition coefficient (Wildman–Crippen LogP) is 3.56. The highest BCUT2D eigenvalue weighted by molar-refractivity contribution is 14.0. The summed E-state index contributed by atoms with van der Waals surface area (Å²) in [7, 11) is 3.75. The van der Waals surface area contributed by atoms with Crippen molar-refractivity contribution < 1.29 is 13.9 Å². The second-order valence-electron chi connectivity index (χ2n) is 6.23. The molecule has 0 atom stereocenters. The molecule has 0 amide bonds. The van der Waals surface area contributed by atoms with Gasteiger partial charge in [-0.25, -0.2) is 4.39 Å². The maximum atomic E-state index is 13.8. The summed E-state index contributed by atoms with van der Waals surface area (Å²) in [6, 6.07) is 13.2. The zero-order valence-electron chi connectivity index (χ0n) is 15.6. The molecule has 7 heteroatoms. The normalized spacial score (nSPS) is 13.2. The van der Waals surface area contributed by atoms with Crippen molar-refractivity contribution in [2.24, 2.45) is 4.99 Å². The minimum absolute atomic E-state index is 0. The summed E-state index contributed by atoms with van der Waals surface area (Å²) in [5.41, 5.74) is 2.82. The van der Waals surface area contributed by atoms with Gasteiger partial charge >= 0.3 is 0 Å². The standard InChI is InChI=1S/C20H24FN3O2.HI/c1-22-20(24(2)12-15-6-4-3-5-7-15)23-9-8-16-10-18(21)11-17-13-25-14-26-19(16)17;/h3-7,10-11H,8-9,12-14H2,1-2H3,(H,22,23);1H. The molecule has 1 N–H and O–H groups in total. The third kappa shape index (κ3) is 5.80. The number of ether oxygens (including phenoxy) is 2. The van der Waals surface area contributed by atoms with E-state index >= 15 is 0 Å². The number of nitrogens with one attached hydrogen (secondary N) is 1. The van der Waals surface area contributed by atoms with Crippen molar-refractivity contribution in [2.75, 3.05) is 27.4 Å². The van der Waals surface area contributed by atoms with Gasteiger partial charge in [0.25, 0.3) is 0 Å². The summed E-state index contributed by atoms with van der Waals surface area (Å²) in [6.45, 7) is 1.98. The smallest absolute Gasteiger partial charge is 0.193 e. The maximum absolute atomic E-state index is 13.8. The summed E-state index contributed by atoms with van der Waals surface area (Å²) < 4.78 is 24.6. The zero-order valence-corrected chi connectivity index (χ0v) is 17.9. The molecule has 2 aromatic rings. The van der Waals surface area contributed by atoms with Gasteiger partial charge in [-0.2, -0.15) is 0 Å². The first-order chi connectivity index (χ1) is 12.7. The fourth-order valence-corrected chi connectivity index (χ4v) is 3.07. The zero-order chi connectivity index (χ0) is 18.4. The minimum atomic E-state index is -0.265. The molecule has 27 heavy (non-hydrogen) atoms. The predicted molar refractivity (Wildman–Crippen MR) is 115 cm³/mol. The first-order valence-electron chi connectivity index (χ1n) is 8.65. The Morgan fingerprint density at radius 1 is 1.26 bits per heavy atom. The topological polar surface area (TPSA) is 46.1 Å². The van der Waals surface area contributed by atoms with E-state index in [4.69, 9.17) is 9.47 Å². The van der Waals surface area contributed by atoms with Crippen molar-refractivity contribution in [3.63, 3.8) is 0 Å². The molecular formula is C20H25FIN3O2. The highest BCUT2D eigenvalue weighted by atomic mass is 127. The molecule has 1 heterocycles. The second kappa shape index (κ2) is 10.5. The van der Waals surface area contributed by atoms with Crippen molar-refractivity contribution in [3.8, 4) is 5.75 Å². The number of benzene rings is 2. The third-order valence-electron chi connectivity index (χ3n) is 4.27. The van der Waals surface area contributed by atoms with Gasteiger partial charge in [0.15, 0.2) is 12.8 Å². The van der Waals surface area contributed by atoms with Gasteiger partial charge in [0.2, 0.25) is 0 Å². The van der Waals surface area contributed by atoms with E-state index in [0.29, 0.717) is 19.6 Å². The average Bonchev–Trinajstić information content (AvgIpc) is 2.65. The van der Waals surface area contributed by atoms with Crippen LogP contribution in [0.2, 0.25) is 0 Å². The maximum Gasteiger partial charge on any atom is 0.193 e. The molecule has 5 nitrogen and oxygen atoms in total. The number of hydrogen-bond acceptors (Lipinski definition) is 3. The van der Waals surface area contributed by atoms with Crippen LogP contribution in [0.1, 0.15) is 16.7 Å². The number of guanidine groups is 1. The third-order valence-corrected chi connectivity index (χ3v) is 4.27. The SMILES string of the molecule is CN=C(NCCc1cc(F)cc2c1OCOC2)N(C)Cc1ccccc1.I. The van der Waals surface area contributed by atoms with Crippen LogP contribution in [0.5, 0.6) is 5.75 Å². The van der Waals surface area contributed by atoms with Crippen molar-refractivity contribution in [3.05, 3.63) is 65.0 Å². The van der Waals surface area contributed by atoms with E-state index < -0.39 is 0 Å². The van der Waals surface area contributed by atoms with Gasteiger partial charge in [0.1, 0.15) is 11.6 Å². The Hall–Kier alpha value is -1.87. The molecular weight excluding hydrogens is 460 g/mol. The molecule has 0 fully saturated rings. The van der Waals surface area contributed by atoms with Crippen molar-refractivity contribution in [1.82, 2.24) is 10.2 Å². The number of halogens is 2. The fraction of sp³-hybridized carbons (Fsp3) is 0.350. The molecule has 0 unspecified atom stereocenters. The van der Waals surface area contributed by atoms with E-state index in [2.05, 4.69) is 27.3 Å². The van der Waals surface area contributed by atoms with Gasteiger partial charge < -0.3 is 19.7 Å². The lowest BCUT2D eigenvalue weighted by molar-refractivity contribution is -0.0172.